The van der Waals surface area contributed by atoms with Crippen molar-refractivity contribution in [3.63, 3.8) is 0 Å². The Balaban J connectivity index is 2.07. The maximum atomic E-state index is 12.1. The van der Waals surface area contributed by atoms with E-state index in [1.807, 2.05) is 26.0 Å². The summed E-state index contributed by atoms with van der Waals surface area (Å²) in [7, 11) is 0. The van der Waals surface area contributed by atoms with E-state index in [0.29, 0.717) is 11.5 Å². The average Bonchev–Trinajstić information content (AvgIpc) is 2.46. The van der Waals surface area contributed by atoms with E-state index in [1.165, 1.54) is 0 Å². The molecule has 3 nitrogen and oxygen atoms in total. The molecule has 4 heteroatoms. The van der Waals surface area contributed by atoms with Crippen molar-refractivity contribution in [3.8, 4) is 0 Å². The van der Waals surface area contributed by atoms with Crippen molar-refractivity contribution >= 4 is 27.5 Å². The molecule has 1 amide bonds. The van der Waals surface area contributed by atoms with Gasteiger partial charge in [-0.1, -0.05) is 34.2 Å². The Labute approximate surface area is 134 Å². The van der Waals surface area contributed by atoms with Crippen LogP contribution in [0.15, 0.2) is 57.6 Å². The molecule has 1 atom stereocenters. The van der Waals surface area contributed by atoms with E-state index in [4.69, 9.17) is 0 Å². The van der Waals surface area contributed by atoms with Crippen LogP contribution in [0.3, 0.4) is 0 Å². The van der Waals surface area contributed by atoms with Crippen LogP contribution in [0.2, 0.25) is 0 Å². The normalized spacial score (nSPS) is 20.0. The monoisotopic (exact) mass is 346 g/mol. The fourth-order valence-electron chi connectivity index (χ4n) is 2.21. The fourth-order valence-corrected chi connectivity index (χ4v) is 2.47. The van der Waals surface area contributed by atoms with Gasteiger partial charge in [0, 0.05) is 10.0 Å². The van der Waals surface area contributed by atoms with Crippen LogP contribution in [0.4, 0.5) is 0 Å². The molecule has 2 rings (SSSR count). The van der Waals surface area contributed by atoms with Crippen LogP contribution in [0.1, 0.15) is 37.0 Å². The Bertz CT molecular complexity index is 614. The molecule has 1 aliphatic carbocycles. The quantitative estimate of drug-likeness (QED) is 0.636. The molecule has 0 heterocycles. The highest BCUT2D eigenvalue weighted by Crippen LogP contribution is 2.26. The molecule has 0 aromatic heterocycles. The molecule has 0 bridgehead atoms. The molecule has 110 valence electrons. The van der Waals surface area contributed by atoms with Crippen LogP contribution in [0.25, 0.3) is 0 Å². The summed E-state index contributed by atoms with van der Waals surface area (Å²) >= 11 is 3.35. The van der Waals surface area contributed by atoms with E-state index in [1.54, 1.807) is 12.1 Å². The Hall–Kier alpha value is -1.68. The highest BCUT2D eigenvalue weighted by atomic mass is 79.9. The maximum absolute atomic E-state index is 12.1. The van der Waals surface area contributed by atoms with E-state index in [-0.39, 0.29) is 5.91 Å². The SMILES string of the molecule is C=C(C)[C@@H]1CC=C(C)/C(=N\NC(=O)c2ccc(Br)cc2)C1. The standard InChI is InChI=1S/C17H19BrN2O/c1-11(2)14-5-4-12(3)16(10-14)19-20-17(21)13-6-8-15(18)9-7-13/h4,6-9,14H,1,5,10H2,2-3H3,(H,20,21)/b19-16-/t14-/m1/s1. The molecular weight excluding hydrogens is 328 g/mol. The van der Waals surface area contributed by atoms with Crippen molar-refractivity contribution in [2.75, 3.05) is 0 Å². The van der Waals surface area contributed by atoms with E-state index < -0.39 is 0 Å². The van der Waals surface area contributed by atoms with Crippen LogP contribution >= 0.6 is 15.9 Å². The number of allylic oxidation sites excluding steroid dienone is 3. The molecule has 21 heavy (non-hydrogen) atoms. The van der Waals surface area contributed by atoms with Crippen molar-refractivity contribution in [3.05, 3.63) is 58.1 Å². The van der Waals surface area contributed by atoms with Gasteiger partial charge in [-0.25, -0.2) is 5.43 Å². The molecule has 1 N–H and O–H groups in total. The Morgan fingerprint density at radius 2 is 2.05 bits per heavy atom. The maximum Gasteiger partial charge on any atom is 0.271 e. The van der Waals surface area contributed by atoms with E-state index in [0.717, 1.165) is 34.2 Å². The molecule has 0 aliphatic heterocycles. The first-order valence-electron chi connectivity index (χ1n) is 6.92. The number of hydrazone groups is 1. The molecule has 1 aromatic carbocycles. The molecule has 0 fully saturated rings. The summed E-state index contributed by atoms with van der Waals surface area (Å²) < 4.78 is 0.945. The van der Waals surface area contributed by atoms with Gasteiger partial charge in [-0.15, -0.1) is 0 Å². The zero-order valence-corrected chi connectivity index (χ0v) is 13.9. The molecular formula is C17H19BrN2O. The molecule has 0 saturated heterocycles. The van der Waals surface area contributed by atoms with Crippen LogP contribution in [-0.4, -0.2) is 11.6 Å². The Morgan fingerprint density at radius 3 is 2.67 bits per heavy atom. The van der Waals surface area contributed by atoms with Crippen LogP contribution < -0.4 is 5.43 Å². The minimum Gasteiger partial charge on any atom is -0.267 e. The van der Waals surface area contributed by atoms with Crippen LogP contribution in [0.5, 0.6) is 0 Å². The molecule has 1 aliphatic rings. The lowest BCUT2D eigenvalue weighted by Gasteiger charge is -2.22. The second kappa shape index (κ2) is 6.85. The summed E-state index contributed by atoms with van der Waals surface area (Å²) in [4.78, 5) is 12.1. The second-order valence-corrected chi connectivity index (χ2v) is 6.29. The molecule has 0 radical (unpaired) electrons. The molecule has 0 saturated carbocycles. The average molecular weight is 347 g/mol. The van der Waals surface area contributed by atoms with Crippen LogP contribution in [0, 0.1) is 5.92 Å². The predicted molar refractivity (Wildman–Crippen MR) is 90.3 cm³/mol. The lowest BCUT2D eigenvalue weighted by atomic mass is 9.85. The van der Waals surface area contributed by atoms with Gasteiger partial charge in [0.05, 0.1) is 5.71 Å². The minimum absolute atomic E-state index is 0.194. The van der Waals surface area contributed by atoms with E-state index >= 15 is 0 Å². The van der Waals surface area contributed by atoms with E-state index in [9.17, 15) is 4.79 Å². The first kappa shape index (κ1) is 15.7. The van der Waals surface area contributed by atoms with Crippen molar-refractivity contribution in [1.29, 1.82) is 0 Å². The number of nitrogens with one attached hydrogen (secondary N) is 1. The number of benzene rings is 1. The highest BCUT2D eigenvalue weighted by molar-refractivity contribution is 9.10. The molecule has 0 spiro atoms. The highest BCUT2D eigenvalue weighted by Gasteiger charge is 2.18. The summed E-state index contributed by atoms with van der Waals surface area (Å²) in [5.41, 5.74) is 6.45. The van der Waals surface area contributed by atoms with Gasteiger partial charge in [-0.3, -0.25) is 4.79 Å². The van der Waals surface area contributed by atoms with Gasteiger partial charge in [-0.2, -0.15) is 5.10 Å². The summed E-state index contributed by atoms with van der Waals surface area (Å²) in [6.07, 6.45) is 3.99. The van der Waals surface area contributed by atoms with Gasteiger partial charge in [0.2, 0.25) is 0 Å². The number of hydrogen-bond acceptors (Lipinski definition) is 2. The van der Waals surface area contributed by atoms with Gasteiger partial charge in [0.1, 0.15) is 0 Å². The Morgan fingerprint density at radius 1 is 1.38 bits per heavy atom. The number of carbonyl (C=O) groups excluding carboxylic acids is 1. The zero-order valence-electron chi connectivity index (χ0n) is 12.3. The smallest absolute Gasteiger partial charge is 0.267 e. The lowest BCUT2D eigenvalue weighted by molar-refractivity contribution is 0.0954. The third kappa shape index (κ3) is 4.14. The third-order valence-corrected chi connectivity index (χ3v) is 4.23. The number of rotatable bonds is 3. The lowest BCUT2D eigenvalue weighted by Crippen LogP contribution is -2.23. The number of hydrogen-bond donors (Lipinski definition) is 1. The topological polar surface area (TPSA) is 41.5 Å². The fraction of sp³-hybridized carbons (Fsp3) is 0.294. The molecule has 0 unspecified atom stereocenters. The Kier molecular flexibility index (Phi) is 5.12. The van der Waals surface area contributed by atoms with Crippen molar-refractivity contribution in [2.24, 2.45) is 11.0 Å². The summed E-state index contributed by atoms with van der Waals surface area (Å²) in [5, 5.41) is 4.29. The number of halogens is 1. The van der Waals surface area contributed by atoms with Gasteiger partial charge in [-0.05, 0) is 62.4 Å². The molecule has 1 aromatic rings. The van der Waals surface area contributed by atoms with Gasteiger partial charge >= 0.3 is 0 Å². The first-order valence-corrected chi connectivity index (χ1v) is 7.71. The first-order chi connectivity index (χ1) is 9.97. The van der Waals surface area contributed by atoms with Gasteiger partial charge in [0.25, 0.3) is 5.91 Å². The largest absolute Gasteiger partial charge is 0.271 e. The third-order valence-electron chi connectivity index (χ3n) is 3.70. The summed E-state index contributed by atoms with van der Waals surface area (Å²) in [5.74, 6) is 0.220. The number of nitrogens with zero attached hydrogens (tertiary/aromatic N) is 1. The summed E-state index contributed by atoms with van der Waals surface area (Å²) in [6.45, 7) is 8.08. The van der Waals surface area contributed by atoms with Crippen molar-refractivity contribution in [2.45, 2.75) is 26.7 Å². The predicted octanol–water partition coefficient (Wildman–Crippen LogP) is 4.47. The number of carbonyl (C=O) groups is 1. The van der Waals surface area contributed by atoms with Gasteiger partial charge in [0.15, 0.2) is 0 Å². The van der Waals surface area contributed by atoms with Crippen molar-refractivity contribution in [1.82, 2.24) is 5.43 Å². The second-order valence-electron chi connectivity index (χ2n) is 5.38. The van der Waals surface area contributed by atoms with Crippen molar-refractivity contribution < 1.29 is 4.79 Å². The van der Waals surface area contributed by atoms with E-state index in [2.05, 4.69) is 39.1 Å². The van der Waals surface area contributed by atoms with Gasteiger partial charge < -0.3 is 0 Å². The van der Waals surface area contributed by atoms with Crippen LogP contribution in [-0.2, 0) is 0 Å². The zero-order chi connectivity index (χ0) is 15.4. The summed E-state index contributed by atoms with van der Waals surface area (Å²) in [6, 6.07) is 7.20. The number of amides is 1. The minimum atomic E-state index is -0.194.